The van der Waals surface area contributed by atoms with Gasteiger partial charge in [0.15, 0.2) is 0 Å². The van der Waals surface area contributed by atoms with Gasteiger partial charge in [-0.15, -0.1) is 11.3 Å². The number of nitrogens with zero attached hydrogens (tertiary/aromatic N) is 2. The van der Waals surface area contributed by atoms with E-state index in [4.69, 9.17) is 9.97 Å². The lowest BCUT2D eigenvalue weighted by Crippen LogP contribution is -2.37. The first-order valence-electron chi connectivity index (χ1n) is 15.3. The van der Waals surface area contributed by atoms with Crippen LogP contribution in [-0.4, -0.2) is 23.1 Å². The fourth-order valence-electron chi connectivity index (χ4n) is 5.44. The minimum Gasteiger partial charge on any atom is -0.507 e. The second kappa shape index (κ2) is 11.0. The molecule has 1 N–H and O–H groups in total. The maximum absolute atomic E-state index is 11.6. The Morgan fingerprint density at radius 1 is 0.791 bits per heavy atom. The van der Waals surface area contributed by atoms with Crippen LogP contribution in [0, 0.1) is 0 Å². The lowest BCUT2D eigenvalue weighted by atomic mass is 9.79. The normalized spacial score (nSPS) is 12.8. The van der Waals surface area contributed by atoms with Crippen molar-refractivity contribution < 1.29 is 5.11 Å². The van der Waals surface area contributed by atoms with Gasteiger partial charge in [0.2, 0.25) is 0 Å². The van der Waals surface area contributed by atoms with E-state index >= 15 is 0 Å². The van der Waals surface area contributed by atoms with Crippen molar-refractivity contribution in [1.29, 1.82) is 0 Å². The Balaban J connectivity index is 1.71. The summed E-state index contributed by atoms with van der Waals surface area (Å²) >= 11 is 1.65. The smallest absolute Gasteiger partial charge is 0.129 e. The second-order valence-corrected chi connectivity index (χ2v) is 21.4. The monoisotopic (exact) mass is 606 g/mol. The molecule has 0 fully saturated rings. The van der Waals surface area contributed by atoms with Crippen molar-refractivity contribution in [2.45, 2.75) is 91.8 Å². The molecule has 43 heavy (non-hydrogen) atoms. The van der Waals surface area contributed by atoms with Crippen LogP contribution < -0.4 is 5.19 Å². The van der Waals surface area contributed by atoms with Crippen LogP contribution in [-0.2, 0) is 10.8 Å². The Labute approximate surface area is 263 Å². The van der Waals surface area contributed by atoms with Gasteiger partial charge in [0, 0.05) is 22.9 Å². The molecule has 0 aliphatic rings. The first-order chi connectivity index (χ1) is 19.9. The van der Waals surface area contributed by atoms with E-state index in [1.54, 1.807) is 11.3 Å². The van der Waals surface area contributed by atoms with Gasteiger partial charge in [-0.1, -0.05) is 104 Å². The van der Waals surface area contributed by atoms with Crippen LogP contribution in [0.3, 0.4) is 0 Å². The number of para-hydroxylation sites is 1. The van der Waals surface area contributed by atoms with Crippen molar-refractivity contribution in [3.05, 3.63) is 83.6 Å². The Morgan fingerprint density at radius 3 is 2.12 bits per heavy atom. The van der Waals surface area contributed by atoms with Gasteiger partial charge in [-0.3, -0.25) is 4.98 Å². The third-order valence-corrected chi connectivity index (χ3v) is 11.4. The molecule has 0 spiro atoms. The summed E-state index contributed by atoms with van der Waals surface area (Å²) in [5.74, 6) is 0.704. The van der Waals surface area contributed by atoms with Gasteiger partial charge in [0.1, 0.15) is 10.8 Å². The van der Waals surface area contributed by atoms with E-state index < -0.39 is 8.07 Å². The Bertz CT molecular complexity index is 1810. The van der Waals surface area contributed by atoms with E-state index in [1.165, 1.54) is 16.3 Å². The number of rotatable bonds is 5. The standard InChI is InChI=1S/C38H46N2OSSi/c1-23(2)24-17-25(19-26(18-24)32-22-28(15-16-39-32)43(9,10)11)29-13-12-14-33-34(29)40-36(42-33)30-20-27(37(3,4)5)21-31(35(30)41)38(6,7)8/h12-23,41H,1-11H3. The van der Waals surface area contributed by atoms with E-state index in [2.05, 4.69) is 136 Å². The average Bonchev–Trinajstić information content (AvgIpc) is 3.35. The number of hydrogen-bond acceptors (Lipinski definition) is 4. The van der Waals surface area contributed by atoms with Crippen LogP contribution in [0.25, 0.3) is 43.2 Å². The molecule has 2 heterocycles. The van der Waals surface area contributed by atoms with Crippen molar-refractivity contribution in [1.82, 2.24) is 9.97 Å². The summed E-state index contributed by atoms with van der Waals surface area (Å²) in [4.78, 5) is 10.0. The van der Waals surface area contributed by atoms with Crippen LogP contribution in [0.1, 0.15) is 78.0 Å². The number of fused-ring (bicyclic) bond motifs is 1. The highest BCUT2D eigenvalue weighted by Gasteiger charge is 2.27. The molecule has 0 aliphatic carbocycles. The molecule has 0 saturated heterocycles. The van der Waals surface area contributed by atoms with Crippen molar-refractivity contribution in [2.75, 3.05) is 0 Å². The number of benzene rings is 3. The summed E-state index contributed by atoms with van der Waals surface area (Å²) in [6.07, 6.45) is 1.96. The number of pyridine rings is 1. The van der Waals surface area contributed by atoms with E-state index in [9.17, 15) is 5.11 Å². The molecule has 5 heteroatoms. The van der Waals surface area contributed by atoms with Gasteiger partial charge in [0.05, 0.1) is 29.5 Å². The summed E-state index contributed by atoms with van der Waals surface area (Å²) in [7, 11) is -1.48. The van der Waals surface area contributed by atoms with E-state index in [-0.39, 0.29) is 10.8 Å². The number of aromatic nitrogens is 2. The molecule has 0 saturated carbocycles. The zero-order valence-electron chi connectivity index (χ0n) is 27.7. The molecule has 5 rings (SSSR count). The quantitative estimate of drug-likeness (QED) is 0.202. The highest BCUT2D eigenvalue weighted by Crippen LogP contribution is 2.45. The lowest BCUT2D eigenvalue weighted by molar-refractivity contribution is 0.446. The number of hydrogen-bond donors (Lipinski definition) is 1. The highest BCUT2D eigenvalue weighted by molar-refractivity contribution is 7.21. The van der Waals surface area contributed by atoms with Gasteiger partial charge < -0.3 is 5.11 Å². The van der Waals surface area contributed by atoms with Crippen molar-refractivity contribution >= 4 is 34.8 Å². The molecule has 0 aliphatic heterocycles. The Kier molecular flexibility index (Phi) is 7.98. The largest absolute Gasteiger partial charge is 0.507 e. The van der Waals surface area contributed by atoms with Crippen LogP contribution in [0.5, 0.6) is 5.75 Å². The molecule has 0 bridgehead atoms. The van der Waals surface area contributed by atoms with E-state index in [0.29, 0.717) is 11.7 Å². The Morgan fingerprint density at radius 2 is 1.49 bits per heavy atom. The highest BCUT2D eigenvalue weighted by atomic mass is 32.1. The van der Waals surface area contributed by atoms with Crippen molar-refractivity contribution in [2.24, 2.45) is 0 Å². The molecule has 0 atom stereocenters. The van der Waals surface area contributed by atoms with Crippen LogP contribution in [0.4, 0.5) is 0 Å². The number of phenols is 1. The molecule has 2 aromatic heterocycles. The molecular weight excluding hydrogens is 561 g/mol. The molecule has 0 radical (unpaired) electrons. The molecule has 0 unspecified atom stereocenters. The van der Waals surface area contributed by atoms with Crippen molar-refractivity contribution in [3.8, 4) is 38.7 Å². The average molecular weight is 607 g/mol. The van der Waals surface area contributed by atoms with Crippen LogP contribution >= 0.6 is 11.3 Å². The predicted molar refractivity (Wildman–Crippen MR) is 190 cm³/mol. The lowest BCUT2D eigenvalue weighted by Gasteiger charge is -2.27. The fraction of sp³-hybridized carbons (Fsp3) is 0.368. The first kappa shape index (κ1) is 31.2. The van der Waals surface area contributed by atoms with E-state index in [0.717, 1.165) is 48.7 Å². The number of phenolic OH excluding ortho intramolecular Hbond substituents is 1. The van der Waals surface area contributed by atoms with Crippen molar-refractivity contribution in [3.63, 3.8) is 0 Å². The van der Waals surface area contributed by atoms with E-state index in [1.807, 2.05) is 6.20 Å². The fourth-order valence-corrected chi connectivity index (χ4v) is 7.60. The first-order valence-corrected chi connectivity index (χ1v) is 19.7. The zero-order valence-corrected chi connectivity index (χ0v) is 29.5. The molecule has 224 valence electrons. The van der Waals surface area contributed by atoms with Crippen LogP contribution in [0.15, 0.2) is 66.9 Å². The topological polar surface area (TPSA) is 46.0 Å². The summed E-state index contributed by atoms with van der Waals surface area (Å²) in [5.41, 5.74) is 9.38. The summed E-state index contributed by atoms with van der Waals surface area (Å²) in [5, 5.41) is 13.8. The molecule has 5 aromatic rings. The summed E-state index contributed by atoms with van der Waals surface area (Å²) in [6.45, 7) is 24.7. The summed E-state index contributed by atoms with van der Waals surface area (Å²) in [6, 6.07) is 22.1. The van der Waals surface area contributed by atoms with Gasteiger partial charge in [-0.2, -0.15) is 0 Å². The minimum atomic E-state index is -1.48. The second-order valence-electron chi connectivity index (χ2n) is 15.3. The third kappa shape index (κ3) is 6.34. The van der Waals surface area contributed by atoms with Gasteiger partial charge >= 0.3 is 0 Å². The number of aromatic hydroxyl groups is 1. The third-order valence-electron chi connectivity index (χ3n) is 8.29. The molecule has 0 amide bonds. The SMILES string of the molecule is CC(C)c1cc(-c2cc([Si](C)(C)C)ccn2)cc(-c2cccc3sc(-c4cc(C(C)(C)C)cc(C(C)(C)C)c4O)nc23)c1. The van der Waals surface area contributed by atoms with Gasteiger partial charge in [0.25, 0.3) is 0 Å². The maximum Gasteiger partial charge on any atom is 0.129 e. The van der Waals surface area contributed by atoms with Gasteiger partial charge in [-0.25, -0.2) is 4.98 Å². The predicted octanol–water partition coefficient (Wildman–Crippen LogP) is 10.7. The Hall–Kier alpha value is -3.28. The minimum absolute atomic E-state index is 0.0567. The number of thiazole rings is 1. The molecule has 3 aromatic carbocycles. The molecular formula is C38H46N2OSSi. The maximum atomic E-state index is 11.6. The zero-order chi connectivity index (χ0) is 31.5. The van der Waals surface area contributed by atoms with Crippen LogP contribution in [0.2, 0.25) is 19.6 Å². The van der Waals surface area contributed by atoms with Gasteiger partial charge in [-0.05, 0) is 69.8 Å². The summed E-state index contributed by atoms with van der Waals surface area (Å²) < 4.78 is 1.11. The molecule has 3 nitrogen and oxygen atoms in total.